The lowest BCUT2D eigenvalue weighted by Crippen LogP contribution is -2.38. The van der Waals surface area contributed by atoms with E-state index in [0.29, 0.717) is 0 Å². The van der Waals surface area contributed by atoms with Gasteiger partial charge in [-0.15, -0.1) is 11.3 Å². The van der Waals surface area contributed by atoms with Gasteiger partial charge in [0.1, 0.15) is 0 Å². The predicted molar refractivity (Wildman–Crippen MR) is 91.9 cm³/mol. The Bertz CT molecular complexity index is 575. The molecule has 1 aromatic carbocycles. The molecular weight excluding hydrogens is 278 g/mol. The molecule has 1 heterocycles. The molecule has 0 spiro atoms. The van der Waals surface area contributed by atoms with Crippen LogP contribution in [0.25, 0.3) is 0 Å². The summed E-state index contributed by atoms with van der Waals surface area (Å²) in [5.41, 5.74) is 2.71. The molecule has 0 saturated carbocycles. The van der Waals surface area contributed by atoms with Gasteiger partial charge in [0.15, 0.2) is 5.96 Å². The summed E-state index contributed by atoms with van der Waals surface area (Å²) in [5, 5.41) is 8.92. The van der Waals surface area contributed by atoms with E-state index in [9.17, 15) is 0 Å². The second-order valence-electron chi connectivity index (χ2n) is 4.93. The summed E-state index contributed by atoms with van der Waals surface area (Å²) < 4.78 is 0. The molecular formula is C17H23N3S. The van der Waals surface area contributed by atoms with Crippen LogP contribution in [-0.4, -0.2) is 13.0 Å². The Morgan fingerprint density at radius 2 is 1.95 bits per heavy atom. The Balaban J connectivity index is 1.94. The smallest absolute Gasteiger partial charge is 0.191 e. The average molecular weight is 301 g/mol. The van der Waals surface area contributed by atoms with Gasteiger partial charge in [-0.2, -0.15) is 0 Å². The van der Waals surface area contributed by atoms with Crippen molar-refractivity contribution in [2.75, 3.05) is 7.05 Å². The van der Waals surface area contributed by atoms with E-state index >= 15 is 0 Å². The molecule has 1 aromatic heterocycles. The van der Waals surface area contributed by atoms with Gasteiger partial charge in [-0.3, -0.25) is 4.99 Å². The average Bonchev–Trinajstić information content (AvgIpc) is 3.06. The zero-order valence-corrected chi connectivity index (χ0v) is 13.7. The van der Waals surface area contributed by atoms with Crippen molar-refractivity contribution in [3.05, 3.63) is 57.8 Å². The fourth-order valence-electron chi connectivity index (χ4n) is 2.26. The third-order valence-electron chi connectivity index (χ3n) is 3.49. The highest BCUT2D eigenvalue weighted by Crippen LogP contribution is 2.17. The standard InChI is InChI=1S/C17H23N3S/c1-4-14-8-5-6-9-15(14)12-19-17(18-3)20-13(2)16-10-7-11-21-16/h5-11,13H,4,12H2,1-3H3,(H2,18,19,20). The zero-order chi connectivity index (χ0) is 15.1. The highest BCUT2D eigenvalue weighted by Gasteiger charge is 2.08. The van der Waals surface area contributed by atoms with Crippen LogP contribution in [0.4, 0.5) is 0 Å². The minimum atomic E-state index is 0.262. The van der Waals surface area contributed by atoms with Gasteiger partial charge < -0.3 is 10.6 Å². The van der Waals surface area contributed by atoms with Crippen molar-refractivity contribution in [3.63, 3.8) is 0 Å². The SMILES string of the molecule is CCc1ccccc1CNC(=NC)NC(C)c1cccs1. The Hall–Kier alpha value is -1.81. The summed E-state index contributed by atoms with van der Waals surface area (Å²) in [5.74, 6) is 0.835. The molecule has 1 unspecified atom stereocenters. The van der Waals surface area contributed by atoms with E-state index in [2.05, 4.69) is 71.3 Å². The summed E-state index contributed by atoms with van der Waals surface area (Å²) >= 11 is 1.76. The highest BCUT2D eigenvalue weighted by atomic mass is 32.1. The fourth-order valence-corrected chi connectivity index (χ4v) is 3.00. The number of hydrogen-bond donors (Lipinski definition) is 2. The number of hydrogen-bond acceptors (Lipinski definition) is 2. The first-order chi connectivity index (χ1) is 10.2. The summed E-state index contributed by atoms with van der Waals surface area (Å²) in [4.78, 5) is 5.62. The van der Waals surface area contributed by atoms with Crippen molar-refractivity contribution < 1.29 is 0 Å². The lowest BCUT2D eigenvalue weighted by atomic mass is 10.1. The summed E-state index contributed by atoms with van der Waals surface area (Å²) in [6.45, 7) is 5.13. The molecule has 0 radical (unpaired) electrons. The monoisotopic (exact) mass is 301 g/mol. The topological polar surface area (TPSA) is 36.4 Å². The molecule has 0 fully saturated rings. The molecule has 3 nitrogen and oxygen atoms in total. The minimum Gasteiger partial charge on any atom is -0.352 e. The number of nitrogens with one attached hydrogen (secondary N) is 2. The van der Waals surface area contributed by atoms with Gasteiger partial charge in [0.2, 0.25) is 0 Å². The number of rotatable bonds is 5. The molecule has 2 rings (SSSR count). The van der Waals surface area contributed by atoms with Gasteiger partial charge in [0.05, 0.1) is 6.04 Å². The maximum atomic E-state index is 4.31. The second kappa shape index (κ2) is 7.84. The molecule has 0 aliphatic rings. The summed E-state index contributed by atoms with van der Waals surface area (Å²) in [6.07, 6.45) is 1.05. The minimum absolute atomic E-state index is 0.262. The maximum Gasteiger partial charge on any atom is 0.191 e. The second-order valence-corrected chi connectivity index (χ2v) is 5.91. The van der Waals surface area contributed by atoms with Crippen molar-refractivity contribution in [1.82, 2.24) is 10.6 Å². The van der Waals surface area contributed by atoms with Crippen molar-refractivity contribution in [2.24, 2.45) is 4.99 Å². The van der Waals surface area contributed by atoms with E-state index < -0.39 is 0 Å². The quantitative estimate of drug-likeness (QED) is 0.652. The van der Waals surface area contributed by atoms with Gasteiger partial charge in [-0.25, -0.2) is 0 Å². The number of aliphatic imine (C=N–C) groups is 1. The van der Waals surface area contributed by atoms with E-state index in [0.717, 1.165) is 18.9 Å². The summed E-state index contributed by atoms with van der Waals surface area (Å²) in [7, 11) is 1.81. The number of thiophene rings is 1. The van der Waals surface area contributed by atoms with Crippen molar-refractivity contribution in [2.45, 2.75) is 32.9 Å². The van der Waals surface area contributed by atoms with E-state index in [-0.39, 0.29) is 6.04 Å². The largest absolute Gasteiger partial charge is 0.352 e. The van der Waals surface area contributed by atoms with Crippen molar-refractivity contribution in [3.8, 4) is 0 Å². The van der Waals surface area contributed by atoms with Crippen LogP contribution in [0.1, 0.15) is 35.9 Å². The highest BCUT2D eigenvalue weighted by molar-refractivity contribution is 7.10. The van der Waals surface area contributed by atoms with Gasteiger partial charge in [0, 0.05) is 18.5 Å². The molecule has 112 valence electrons. The van der Waals surface area contributed by atoms with Crippen LogP contribution in [0.15, 0.2) is 46.8 Å². The lowest BCUT2D eigenvalue weighted by molar-refractivity contribution is 0.695. The van der Waals surface area contributed by atoms with E-state index in [4.69, 9.17) is 0 Å². The van der Waals surface area contributed by atoms with Gasteiger partial charge in [0.25, 0.3) is 0 Å². The van der Waals surface area contributed by atoms with Crippen LogP contribution >= 0.6 is 11.3 Å². The number of benzene rings is 1. The molecule has 0 aliphatic heterocycles. The van der Waals surface area contributed by atoms with Crippen LogP contribution < -0.4 is 10.6 Å². The molecule has 4 heteroatoms. The Morgan fingerprint density at radius 3 is 2.57 bits per heavy atom. The van der Waals surface area contributed by atoms with Gasteiger partial charge in [-0.05, 0) is 35.9 Å². The zero-order valence-electron chi connectivity index (χ0n) is 12.9. The Morgan fingerprint density at radius 1 is 1.19 bits per heavy atom. The molecule has 0 amide bonds. The number of guanidine groups is 1. The normalized spacial score (nSPS) is 13.0. The maximum absolute atomic E-state index is 4.31. The molecule has 2 N–H and O–H groups in total. The lowest BCUT2D eigenvalue weighted by Gasteiger charge is -2.17. The predicted octanol–water partition coefficient (Wildman–Crippen LogP) is 3.74. The van der Waals surface area contributed by atoms with Gasteiger partial charge >= 0.3 is 0 Å². The van der Waals surface area contributed by atoms with Crippen molar-refractivity contribution in [1.29, 1.82) is 0 Å². The molecule has 1 atom stereocenters. The number of nitrogens with zero attached hydrogens (tertiary/aromatic N) is 1. The molecule has 0 aliphatic carbocycles. The molecule has 21 heavy (non-hydrogen) atoms. The third-order valence-corrected chi connectivity index (χ3v) is 4.55. The van der Waals surface area contributed by atoms with Crippen molar-refractivity contribution >= 4 is 17.3 Å². The van der Waals surface area contributed by atoms with Gasteiger partial charge in [-0.1, -0.05) is 37.3 Å². The van der Waals surface area contributed by atoms with Crippen LogP contribution in [0.2, 0.25) is 0 Å². The van der Waals surface area contributed by atoms with E-state index in [1.165, 1.54) is 16.0 Å². The van der Waals surface area contributed by atoms with Crippen LogP contribution in [0, 0.1) is 0 Å². The van der Waals surface area contributed by atoms with E-state index in [1.807, 2.05) is 7.05 Å². The Labute approximate surface area is 131 Å². The van der Waals surface area contributed by atoms with Crippen LogP contribution in [0.5, 0.6) is 0 Å². The van der Waals surface area contributed by atoms with Crippen LogP contribution in [0.3, 0.4) is 0 Å². The number of aryl methyl sites for hydroxylation is 1. The fraction of sp³-hybridized carbons (Fsp3) is 0.353. The molecule has 2 aromatic rings. The van der Waals surface area contributed by atoms with Crippen LogP contribution in [-0.2, 0) is 13.0 Å². The molecule has 0 saturated heterocycles. The molecule has 0 bridgehead atoms. The third kappa shape index (κ3) is 4.33. The Kier molecular flexibility index (Phi) is 5.81. The van der Waals surface area contributed by atoms with E-state index in [1.54, 1.807) is 11.3 Å². The first-order valence-electron chi connectivity index (χ1n) is 7.32. The first-order valence-corrected chi connectivity index (χ1v) is 8.20. The summed E-state index contributed by atoms with van der Waals surface area (Å²) in [6, 6.07) is 13.0. The first kappa shape index (κ1) is 15.6.